The molecule has 0 radical (unpaired) electrons. The maximum atomic E-state index is 12.7. The van der Waals surface area contributed by atoms with Gasteiger partial charge in [-0.1, -0.05) is 19.4 Å². The van der Waals surface area contributed by atoms with Crippen molar-refractivity contribution in [3.63, 3.8) is 0 Å². The molecule has 1 N–H and O–H groups in total. The lowest BCUT2D eigenvalue weighted by molar-refractivity contribution is -0.200. The van der Waals surface area contributed by atoms with Crippen molar-refractivity contribution < 1.29 is 19.1 Å². The highest BCUT2D eigenvalue weighted by Gasteiger charge is 2.62. The molecule has 0 aromatic rings. The van der Waals surface area contributed by atoms with E-state index in [4.69, 9.17) is 9.47 Å². The zero-order valence-corrected chi connectivity index (χ0v) is 16.5. The molecule has 5 aliphatic rings. The fraction of sp³-hybridized carbons (Fsp3) is 0.818. The zero-order valence-electron chi connectivity index (χ0n) is 16.5. The molecule has 150 valence electrons. The molecule has 0 atom stereocenters. The molecule has 27 heavy (non-hydrogen) atoms. The Morgan fingerprint density at radius 3 is 2.15 bits per heavy atom. The summed E-state index contributed by atoms with van der Waals surface area (Å²) in [6, 6.07) is 0. The molecule has 4 bridgehead atoms. The van der Waals surface area contributed by atoms with Crippen LogP contribution in [0.4, 0.5) is 4.79 Å². The first-order valence-corrected chi connectivity index (χ1v) is 10.8. The van der Waals surface area contributed by atoms with Crippen molar-refractivity contribution in [2.24, 2.45) is 29.6 Å². The Kier molecular flexibility index (Phi) is 5.21. The zero-order chi connectivity index (χ0) is 19.0. The summed E-state index contributed by atoms with van der Waals surface area (Å²) in [6.45, 7) is 5.59. The molecule has 5 nitrogen and oxygen atoms in total. The van der Waals surface area contributed by atoms with Crippen molar-refractivity contribution in [1.29, 1.82) is 0 Å². The van der Waals surface area contributed by atoms with Crippen molar-refractivity contribution in [3.8, 4) is 0 Å². The Morgan fingerprint density at radius 2 is 1.59 bits per heavy atom. The molecule has 0 aromatic carbocycles. The molecule has 5 fully saturated rings. The number of amides is 1. The Labute approximate surface area is 162 Å². The van der Waals surface area contributed by atoms with Crippen LogP contribution in [0.5, 0.6) is 0 Å². The minimum Gasteiger partial charge on any atom is -0.460 e. The third-order valence-corrected chi connectivity index (χ3v) is 7.63. The van der Waals surface area contributed by atoms with Gasteiger partial charge in [-0.15, -0.1) is 0 Å². The summed E-state index contributed by atoms with van der Waals surface area (Å²) in [7, 11) is 0. The monoisotopic (exact) mass is 375 g/mol. The van der Waals surface area contributed by atoms with Gasteiger partial charge >= 0.3 is 12.1 Å². The van der Waals surface area contributed by atoms with Gasteiger partial charge in [0, 0.05) is 5.57 Å². The Balaban J connectivity index is 1.39. The van der Waals surface area contributed by atoms with E-state index >= 15 is 0 Å². The maximum Gasteiger partial charge on any atom is 0.407 e. The molecule has 5 saturated carbocycles. The first-order valence-electron chi connectivity index (χ1n) is 10.8. The molecular formula is C22H33NO4. The number of esters is 1. The quantitative estimate of drug-likeness (QED) is 0.429. The highest BCUT2D eigenvalue weighted by Crippen LogP contribution is 2.63. The number of carbonyl (C=O) groups is 2. The van der Waals surface area contributed by atoms with Gasteiger partial charge in [0.05, 0.1) is 6.54 Å². The van der Waals surface area contributed by atoms with Gasteiger partial charge < -0.3 is 14.8 Å². The molecule has 1 amide bonds. The van der Waals surface area contributed by atoms with Crippen LogP contribution in [-0.4, -0.2) is 30.8 Å². The third kappa shape index (κ3) is 3.50. The number of hydrogen-bond donors (Lipinski definition) is 1. The van der Waals surface area contributed by atoms with Gasteiger partial charge in [-0.25, -0.2) is 9.59 Å². The largest absolute Gasteiger partial charge is 0.460 e. The lowest BCUT2D eigenvalue weighted by Crippen LogP contribution is -2.63. The molecule has 5 aliphatic carbocycles. The van der Waals surface area contributed by atoms with E-state index in [1.165, 1.54) is 57.8 Å². The SMILES string of the molecule is C=C(C)C(=O)OCCNC(=O)OC1(C2CCCC2)C2CC3CC(C2)CC1C3. The molecule has 0 spiro atoms. The van der Waals surface area contributed by atoms with Crippen LogP contribution < -0.4 is 5.32 Å². The number of hydrogen-bond acceptors (Lipinski definition) is 4. The van der Waals surface area contributed by atoms with Gasteiger partial charge in [-0.05, 0) is 81.5 Å². The maximum absolute atomic E-state index is 12.7. The Morgan fingerprint density at radius 1 is 1.00 bits per heavy atom. The average Bonchev–Trinajstić information content (AvgIpc) is 3.16. The number of nitrogens with one attached hydrogen (secondary N) is 1. The first-order chi connectivity index (χ1) is 13.0. The molecular weight excluding hydrogens is 342 g/mol. The predicted molar refractivity (Wildman–Crippen MR) is 102 cm³/mol. The van der Waals surface area contributed by atoms with Gasteiger partial charge in [0.2, 0.25) is 0 Å². The number of ether oxygens (including phenoxy) is 2. The van der Waals surface area contributed by atoms with Crippen LogP contribution in [0.3, 0.4) is 0 Å². The van der Waals surface area contributed by atoms with Crippen LogP contribution in [0.1, 0.15) is 64.7 Å². The molecule has 0 aliphatic heterocycles. The van der Waals surface area contributed by atoms with Gasteiger partial charge in [0.15, 0.2) is 0 Å². The van der Waals surface area contributed by atoms with Crippen LogP contribution in [0.25, 0.3) is 0 Å². The number of rotatable bonds is 6. The molecule has 0 aromatic heterocycles. The minimum atomic E-state index is -0.423. The average molecular weight is 376 g/mol. The number of alkyl carbamates (subject to hydrolysis) is 1. The summed E-state index contributed by atoms with van der Waals surface area (Å²) < 4.78 is 11.4. The van der Waals surface area contributed by atoms with Crippen molar-refractivity contribution >= 4 is 12.1 Å². The van der Waals surface area contributed by atoms with Crippen LogP contribution in [-0.2, 0) is 14.3 Å². The lowest BCUT2D eigenvalue weighted by atomic mass is 9.47. The highest BCUT2D eigenvalue weighted by atomic mass is 16.6. The summed E-state index contributed by atoms with van der Waals surface area (Å²) in [6.07, 6.45) is 11.0. The molecule has 0 saturated heterocycles. The van der Waals surface area contributed by atoms with E-state index < -0.39 is 5.97 Å². The smallest absolute Gasteiger partial charge is 0.407 e. The second-order valence-electron chi connectivity index (χ2n) is 9.37. The standard InChI is InChI=1S/C22H33NO4/c1-14(2)20(24)26-8-7-23-21(25)27-22(17-5-3-4-6-17)18-10-15-9-16(12-18)13-19(22)11-15/h15-19H,1,3-13H2,2H3,(H,23,25). The van der Waals surface area contributed by atoms with E-state index in [0.717, 1.165) is 11.8 Å². The van der Waals surface area contributed by atoms with Crippen LogP contribution in [0.2, 0.25) is 0 Å². The summed E-state index contributed by atoms with van der Waals surface area (Å²) in [5, 5.41) is 2.82. The fourth-order valence-electron chi connectivity index (χ4n) is 6.83. The third-order valence-electron chi connectivity index (χ3n) is 7.63. The second-order valence-corrected chi connectivity index (χ2v) is 9.37. The van der Waals surface area contributed by atoms with Gasteiger partial charge in [0.25, 0.3) is 0 Å². The van der Waals surface area contributed by atoms with E-state index in [0.29, 0.717) is 23.3 Å². The first kappa shape index (κ1) is 18.8. The van der Waals surface area contributed by atoms with E-state index in [-0.39, 0.29) is 24.8 Å². The van der Waals surface area contributed by atoms with E-state index in [1.54, 1.807) is 6.92 Å². The lowest BCUT2D eigenvalue weighted by Gasteiger charge is -2.62. The van der Waals surface area contributed by atoms with Crippen LogP contribution >= 0.6 is 0 Å². The molecule has 0 heterocycles. The topological polar surface area (TPSA) is 64.6 Å². The van der Waals surface area contributed by atoms with Crippen LogP contribution in [0, 0.1) is 29.6 Å². The summed E-state index contributed by atoms with van der Waals surface area (Å²) in [5.74, 6) is 2.91. The molecule has 0 unspecified atom stereocenters. The highest BCUT2D eigenvalue weighted by molar-refractivity contribution is 5.86. The fourth-order valence-corrected chi connectivity index (χ4v) is 6.83. The van der Waals surface area contributed by atoms with Crippen molar-refractivity contribution in [2.75, 3.05) is 13.2 Å². The number of carbonyl (C=O) groups excluding carboxylic acids is 2. The summed E-state index contributed by atoms with van der Waals surface area (Å²) >= 11 is 0. The normalized spacial score (nSPS) is 37.2. The predicted octanol–water partition coefficient (Wildman–Crippen LogP) is 4.22. The van der Waals surface area contributed by atoms with Gasteiger partial charge in [0.1, 0.15) is 12.2 Å². The van der Waals surface area contributed by atoms with Gasteiger partial charge in [-0.3, -0.25) is 0 Å². The van der Waals surface area contributed by atoms with Crippen LogP contribution in [0.15, 0.2) is 12.2 Å². The van der Waals surface area contributed by atoms with E-state index in [1.807, 2.05) is 0 Å². The molecule has 5 heteroatoms. The summed E-state index contributed by atoms with van der Waals surface area (Å²) in [5.41, 5.74) is 0.119. The Bertz CT molecular complexity index is 579. The molecule has 5 rings (SSSR count). The Hall–Kier alpha value is -1.52. The van der Waals surface area contributed by atoms with E-state index in [2.05, 4.69) is 11.9 Å². The van der Waals surface area contributed by atoms with Crippen molar-refractivity contribution in [3.05, 3.63) is 12.2 Å². The van der Waals surface area contributed by atoms with Crippen molar-refractivity contribution in [2.45, 2.75) is 70.3 Å². The van der Waals surface area contributed by atoms with E-state index in [9.17, 15) is 9.59 Å². The van der Waals surface area contributed by atoms with Gasteiger partial charge in [-0.2, -0.15) is 0 Å². The van der Waals surface area contributed by atoms with Crippen molar-refractivity contribution in [1.82, 2.24) is 5.32 Å². The minimum absolute atomic E-state index is 0.147. The second kappa shape index (κ2) is 7.48. The summed E-state index contributed by atoms with van der Waals surface area (Å²) in [4.78, 5) is 24.1.